The summed E-state index contributed by atoms with van der Waals surface area (Å²) in [6, 6.07) is 5.99. The summed E-state index contributed by atoms with van der Waals surface area (Å²) in [6.07, 6.45) is 0. The quantitative estimate of drug-likeness (QED) is 0.780. The van der Waals surface area contributed by atoms with E-state index in [1.165, 1.54) is 6.07 Å². The molecule has 1 atom stereocenters. The molecule has 18 heavy (non-hydrogen) atoms. The van der Waals surface area contributed by atoms with Gasteiger partial charge in [-0.1, -0.05) is 19.1 Å². The summed E-state index contributed by atoms with van der Waals surface area (Å²) < 4.78 is 28.3. The number of thiophene rings is 1. The van der Waals surface area contributed by atoms with Crippen molar-refractivity contribution in [3.05, 3.63) is 55.3 Å². The molecule has 1 heterocycles. The fourth-order valence-corrected chi connectivity index (χ4v) is 3.23. The number of rotatable bonds is 4. The fraction of sp³-hybridized carbons (Fsp3) is 0.231. The molecule has 0 aliphatic heterocycles. The standard InChI is InChI=1S/C13H12F2INS/c1-2-17-13(8-6-11(16)18-7-8)9-4-3-5-10(14)12(9)15/h3-7,13,17H,2H2,1H3. The van der Waals surface area contributed by atoms with Gasteiger partial charge < -0.3 is 5.32 Å². The molecule has 1 N–H and O–H groups in total. The van der Waals surface area contributed by atoms with Crippen molar-refractivity contribution in [1.29, 1.82) is 0 Å². The SMILES string of the molecule is CCNC(c1csc(I)c1)c1cccc(F)c1F. The lowest BCUT2D eigenvalue weighted by Gasteiger charge is -2.18. The number of nitrogens with one attached hydrogen (secondary N) is 1. The summed E-state index contributed by atoms with van der Waals surface area (Å²) >= 11 is 3.81. The van der Waals surface area contributed by atoms with E-state index in [2.05, 4.69) is 27.9 Å². The predicted molar refractivity (Wildman–Crippen MR) is 78.9 cm³/mol. The van der Waals surface area contributed by atoms with Crippen molar-refractivity contribution in [1.82, 2.24) is 5.32 Å². The second kappa shape index (κ2) is 6.08. The van der Waals surface area contributed by atoms with E-state index < -0.39 is 11.6 Å². The third-order valence-electron chi connectivity index (χ3n) is 2.62. The second-order valence-corrected chi connectivity index (χ2v) is 6.62. The van der Waals surface area contributed by atoms with Gasteiger partial charge in [-0.25, -0.2) is 8.78 Å². The fourth-order valence-electron chi connectivity index (χ4n) is 1.83. The zero-order valence-electron chi connectivity index (χ0n) is 9.71. The Hall–Kier alpha value is -0.530. The number of hydrogen-bond donors (Lipinski definition) is 1. The minimum atomic E-state index is -0.805. The largest absolute Gasteiger partial charge is 0.306 e. The first-order valence-corrected chi connectivity index (χ1v) is 7.50. The first-order chi connectivity index (χ1) is 8.63. The zero-order chi connectivity index (χ0) is 13.1. The lowest BCUT2D eigenvalue weighted by atomic mass is 10.0. The highest BCUT2D eigenvalue weighted by Crippen LogP contribution is 2.29. The van der Waals surface area contributed by atoms with E-state index >= 15 is 0 Å². The van der Waals surface area contributed by atoms with E-state index in [4.69, 9.17) is 0 Å². The molecule has 0 aliphatic carbocycles. The van der Waals surface area contributed by atoms with E-state index in [-0.39, 0.29) is 6.04 Å². The summed E-state index contributed by atoms with van der Waals surface area (Å²) in [5.74, 6) is -1.58. The van der Waals surface area contributed by atoms with Crippen LogP contribution in [0.25, 0.3) is 0 Å². The molecule has 1 unspecified atom stereocenters. The van der Waals surface area contributed by atoms with E-state index in [0.29, 0.717) is 12.1 Å². The second-order valence-electron chi connectivity index (χ2n) is 3.82. The molecule has 0 amide bonds. The van der Waals surface area contributed by atoms with Crippen LogP contribution in [0.15, 0.2) is 29.6 Å². The highest BCUT2D eigenvalue weighted by molar-refractivity contribution is 14.1. The number of hydrogen-bond acceptors (Lipinski definition) is 2. The van der Waals surface area contributed by atoms with Crippen molar-refractivity contribution in [3.8, 4) is 0 Å². The van der Waals surface area contributed by atoms with Gasteiger partial charge >= 0.3 is 0 Å². The van der Waals surface area contributed by atoms with Crippen molar-refractivity contribution < 1.29 is 8.78 Å². The Bertz CT molecular complexity index is 542. The van der Waals surface area contributed by atoms with Crippen molar-refractivity contribution in [2.24, 2.45) is 0 Å². The van der Waals surface area contributed by atoms with Crippen LogP contribution >= 0.6 is 33.9 Å². The lowest BCUT2D eigenvalue weighted by molar-refractivity contribution is 0.483. The zero-order valence-corrected chi connectivity index (χ0v) is 12.7. The monoisotopic (exact) mass is 379 g/mol. The molecule has 96 valence electrons. The highest BCUT2D eigenvalue weighted by atomic mass is 127. The average Bonchev–Trinajstić information content (AvgIpc) is 2.77. The molecule has 2 rings (SSSR count). The average molecular weight is 379 g/mol. The van der Waals surface area contributed by atoms with Crippen LogP contribution in [0.2, 0.25) is 0 Å². The van der Waals surface area contributed by atoms with Gasteiger partial charge in [-0.05, 0) is 52.2 Å². The maximum absolute atomic E-state index is 13.9. The van der Waals surface area contributed by atoms with Crippen LogP contribution in [-0.4, -0.2) is 6.54 Å². The Kier molecular flexibility index (Phi) is 4.69. The molecule has 0 fully saturated rings. The van der Waals surface area contributed by atoms with Crippen LogP contribution in [-0.2, 0) is 0 Å². The molecule has 0 spiro atoms. The molecular formula is C13H12F2INS. The molecule has 0 radical (unpaired) electrons. The van der Waals surface area contributed by atoms with Crippen LogP contribution in [0.5, 0.6) is 0 Å². The molecular weight excluding hydrogens is 367 g/mol. The van der Waals surface area contributed by atoms with Gasteiger partial charge in [0.15, 0.2) is 11.6 Å². The predicted octanol–water partition coefficient (Wildman–Crippen LogP) is 4.33. The molecule has 5 heteroatoms. The van der Waals surface area contributed by atoms with Crippen molar-refractivity contribution in [2.75, 3.05) is 6.54 Å². The summed E-state index contributed by atoms with van der Waals surface area (Å²) in [4.78, 5) is 0. The first kappa shape index (κ1) is 13.9. The van der Waals surface area contributed by atoms with E-state index in [1.54, 1.807) is 17.4 Å². The van der Waals surface area contributed by atoms with Gasteiger partial charge in [-0.15, -0.1) is 11.3 Å². The van der Waals surface area contributed by atoms with E-state index in [0.717, 1.165) is 14.5 Å². The lowest BCUT2D eigenvalue weighted by Crippen LogP contribution is -2.22. The van der Waals surface area contributed by atoms with E-state index in [1.807, 2.05) is 18.4 Å². The van der Waals surface area contributed by atoms with Gasteiger partial charge in [-0.3, -0.25) is 0 Å². The molecule has 0 aliphatic rings. The van der Waals surface area contributed by atoms with Crippen molar-refractivity contribution in [3.63, 3.8) is 0 Å². The van der Waals surface area contributed by atoms with Crippen LogP contribution in [0.1, 0.15) is 24.1 Å². The maximum Gasteiger partial charge on any atom is 0.163 e. The Morgan fingerprint density at radius 1 is 1.39 bits per heavy atom. The first-order valence-electron chi connectivity index (χ1n) is 5.54. The molecule has 0 saturated carbocycles. The molecule has 0 bridgehead atoms. The molecule has 0 saturated heterocycles. The Morgan fingerprint density at radius 3 is 2.78 bits per heavy atom. The summed E-state index contributed by atoms with van der Waals surface area (Å²) in [7, 11) is 0. The van der Waals surface area contributed by atoms with Gasteiger partial charge in [0.25, 0.3) is 0 Å². The Balaban J connectivity index is 2.44. The minimum Gasteiger partial charge on any atom is -0.306 e. The third kappa shape index (κ3) is 2.89. The third-order valence-corrected chi connectivity index (χ3v) is 4.43. The van der Waals surface area contributed by atoms with Gasteiger partial charge in [0.1, 0.15) is 0 Å². The topological polar surface area (TPSA) is 12.0 Å². The van der Waals surface area contributed by atoms with Gasteiger partial charge in [0, 0.05) is 5.56 Å². The minimum absolute atomic E-state index is 0.300. The smallest absolute Gasteiger partial charge is 0.163 e. The Morgan fingerprint density at radius 2 is 2.17 bits per heavy atom. The highest BCUT2D eigenvalue weighted by Gasteiger charge is 2.20. The van der Waals surface area contributed by atoms with Crippen molar-refractivity contribution >= 4 is 33.9 Å². The van der Waals surface area contributed by atoms with Gasteiger partial charge in [0.2, 0.25) is 0 Å². The van der Waals surface area contributed by atoms with Crippen LogP contribution in [0.3, 0.4) is 0 Å². The molecule has 1 nitrogen and oxygen atoms in total. The molecule has 2 aromatic rings. The van der Waals surface area contributed by atoms with Gasteiger partial charge in [-0.2, -0.15) is 0 Å². The molecule has 1 aromatic carbocycles. The normalized spacial score (nSPS) is 12.7. The number of halogens is 3. The summed E-state index contributed by atoms with van der Waals surface area (Å²) in [5.41, 5.74) is 1.32. The van der Waals surface area contributed by atoms with Crippen LogP contribution < -0.4 is 5.32 Å². The molecule has 1 aromatic heterocycles. The summed E-state index contributed by atoms with van der Waals surface area (Å²) in [5, 5.41) is 5.16. The maximum atomic E-state index is 13.9. The number of benzene rings is 1. The van der Waals surface area contributed by atoms with Crippen LogP contribution in [0.4, 0.5) is 8.78 Å². The van der Waals surface area contributed by atoms with E-state index in [9.17, 15) is 8.78 Å². The Labute approximate surface area is 122 Å². The van der Waals surface area contributed by atoms with Crippen molar-refractivity contribution in [2.45, 2.75) is 13.0 Å². The summed E-state index contributed by atoms with van der Waals surface area (Å²) in [6.45, 7) is 2.63. The van der Waals surface area contributed by atoms with Crippen LogP contribution in [0, 0.1) is 14.5 Å². The van der Waals surface area contributed by atoms with Gasteiger partial charge in [0.05, 0.1) is 8.93 Å².